The third-order valence-electron chi connectivity index (χ3n) is 4.43. The van der Waals surface area contributed by atoms with Crippen LogP contribution in [0.5, 0.6) is 0 Å². The lowest BCUT2D eigenvalue weighted by atomic mass is 9.94. The number of Topliss-reactive ketones (excluding diaryl/α,β-unsaturated/α-hetero) is 1. The van der Waals surface area contributed by atoms with E-state index in [1.165, 1.54) is 35.4 Å². The number of ketones is 1. The number of carbonyl (C=O) groups is 2. The Morgan fingerprint density at radius 1 is 1.23 bits per heavy atom. The van der Waals surface area contributed by atoms with Crippen molar-refractivity contribution in [1.82, 2.24) is 10.4 Å². The van der Waals surface area contributed by atoms with Gasteiger partial charge in [0.25, 0.3) is 5.69 Å². The fourth-order valence-corrected chi connectivity index (χ4v) is 3.00. The Labute approximate surface area is 174 Å². The molecule has 0 unspecified atom stereocenters. The lowest BCUT2D eigenvalue weighted by molar-refractivity contribution is -0.385. The predicted octanol–water partition coefficient (Wildman–Crippen LogP) is 2.73. The third kappa shape index (κ3) is 4.46. The summed E-state index contributed by atoms with van der Waals surface area (Å²) in [5, 5.41) is 13.0. The maximum atomic E-state index is 14.0. The molecule has 2 aromatic carbocycles. The Bertz CT molecular complexity index is 1130. The van der Waals surface area contributed by atoms with E-state index in [0.717, 1.165) is 7.11 Å². The summed E-state index contributed by atoms with van der Waals surface area (Å²) in [6.45, 7) is 0.134. The summed E-state index contributed by atoms with van der Waals surface area (Å²) in [5.41, 5.74) is 0.970. The normalized spacial score (nSPS) is 13.7. The van der Waals surface area contributed by atoms with Crippen molar-refractivity contribution < 1.29 is 28.0 Å². The number of nitro groups is 1. The first-order valence-corrected chi connectivity index (χ1v) is 8.83. The minimum Gasteiger partial charge on any atom is -0.465 e. The number of nitro benzene ring substituents is 1. The number of esters is 1. The van der Waals surface area contributed by atoms with Gasteiger partial charge in [0.15, 0.2) is 5.84 Å². The highest BCUT2D eigenvalue weighted by atomic mass is 19.1. The average molecular weight is 430 g/mol. The van der Waals surface area contributed by atoms with Crippen molar-refractivity contribution in [1.29, 1.82) is 0 Å². The van der Waals surface area contributed by atoms with Crippen LogP contribution in [0.25, 0.3) is 6.08 Å². The molecule has 0 atom stereocenters. The van der Waals surface area contributed by atoms with Gasteiger partial charge in [0, 0.05) is 7.05 Å². The second-order valence-corrected chi connectivity index (χ2v) is 6.39. The van der Waals surface area contributed by atoms with Crippen LogP contribution in [-0.4, -0.2) is 48.3 Å². The summed E-state index contributed by atoms with van der Waals surface area (Å²) in [6.07, 6.45) is 1.35. The van der Waals surface area contributed by atoms with Crippen LogP contribution >= 0.6 is 0 Å². The third-order valence-corrected chi connectivity index (χ3v) is 4.43. The van der Waals surface area contributed by atoms with Gasteiger partial charge in [-0.3, -0.25) is 19.9 Å². The fourth-order valence-electron chi connectivity index (χ4n) is 3.00. The molecule has 0 aliphatic carbocycles. The Balaban J connectivity index is 2.26. The maximum absolute atomic E-state index is 14.0. The molecule has 1 N–H and O–H groups in total. The number of benzene rings is 2. The smallest absolute Gasteiger partial charge is 0.338 e. The van der Waals surface area contributed by atoms with Crippen LogP contribution in [0.3, 0.4) is 0 Å². The number of rotatable bonds is 6. The number of amidine groups is 1. The molecule has 3 rings (SSSR count). The van der Waals surface area contributed by atoms with Gasteiger partial charge in [-0.2, -0.15) is 0 Å². The molecule has 0 spiro atoms. The molecule has 31 heavy (non-hydrogen) atoms. The van der Waals surface area contributed by atoms with Crippen molar-refractivity contribution in [3.63, 3.8) is 0 Å². The highest BCUT2D eigenvalue weighted by Gasteiger charge is 2.34. The zero-order valence-corrected chi connectivity index (χ0v) is 16.4. The minimum atomic E-state index is -1.12. The molecule has 0 amide bonds. The number of ether oxygens (including phenoxy) is 1. The van der Waals surface area contributed by atoms with Crippen LogP contribution in [0.15, 0.2) is 47.0 Å². The molecule has 160 valence electrons. The zero-order chi connectivity index (χ0) is 22.7. The van der Waals surface area contributed by atoms with E-state index in [4.69, 9.17) is 0 Å². The number of carbonyl (C=O) groups excluding carboxylic acids is 2. The zero-order valence-electron chi connectivity index (χ0n) is 16.4. The highest BCUT2D eigenvalue weighted by Crippen LogP contribution is 2.29. The molecule has 0 fully saturated rings. The number of methoxy groups -OCH3 is 1. The molecule has 0 bridgehead atoms. The molecular formula is C20H16F2N4O5. The van der Waals surface area contributed by atoms with E-state index in [0.29, 0.717) is 17.7 Å². The number of nitrogens with zero attached hydrogens (tertiary/aromatic N) is 3. The van der Waals surface area contributed by atoms with E-state index in [2.05, 4.69) is 15.2 Å². The number of hydrazine groups is 1. The lowest BCUT2D eigenvalue weighted by Crippen LogP contribution is -2.35. The largest absolute Gasteiger partial charge is 0.465 e. The van der Waals surface area contributed by atoms with E-state index in [9.17, 15) is 28.5 Å². The van der Waals surface area contributed by atoms with Crippen molar-refractivity contribution in [3.8, 4) is 0 Å². The Morgan fingerprint density at radius 3 is 2.45 bits per heavy atom. The van der Waals surface area contributed by atoms with E-state index < -0.39 is 45.1 Å². The number of aliphatic imine (C=N–C) groups is 1. The lowest BCUT2D eigenvalue weighted by Gasteiger charge is -2.17. The Morgan fingerprint density at radius 2 is 1.90 bits per heavy atom. The molecule has 0 radical (unpaired) electrons. The standard InChI is InChI=1S/C20H16F2N4O5/c1-25-19(23-10-24-25)15(7-11-3-5-12(21)6-4-11)18(27)17-14(20(28)31-2)8-13(22)9-16(17)26(29)30/h3-9,24H,10H2,1-2H3/b15-7-. The van der Waals surface area contributed by atoms with Crippen molar-refractivity contribution in [3.05, 3.63) is 80.4 Å². The average Bonchev–Trinajstić information content (AvgIpc) is 3.17. The van der Waals surface area contributed by atoms with Gasteiger partial charge in [0.05, 0.1) is 29.2 Å². The second kappa shape index (κ2) is 8.79. The summed E-state index contributed by atoms with van der Waals surface area (Å²) < 4.78 is 31.8. The van der Waals surface area contributed by atoms with Crippen LogP contribution in [-0.2, 0) is 4.74 Å². The second-order valence-electron chi connectivity index (χ2n) is 6.39. The predicted molar refractivity (Wildman–Crippen MR) is 106 cm³/mol. The molecule has 0 saturated heterocycles. The SMILES string of the molecule is COC(=O)c1cc(F)cc([N+](=O)[O-])c1C(=O)/C(=C/c1ccc(F)cc1)C1=NCNN1C. The quantitative estimate of drug-likeness (QED) is 0.246. The van der Waals surface area contributed by atoms with E-state index in [1.54, 1.807) is 7.05 Å². The topological polar surface area (TPSA) is 114 Å². The number of nitrogens with one attached hydrogen (secondary N) is 1. The molecular weight excluding hydrogens is 414 g/mol. The van der Waals surface area contributed by atoms with Crippen molar-refractivity contribution in [2.75, 3.05) is 20.8 Å². The number of likely N-dealkylation sites (N-methyl/N-ethyl adjacent to an activating group) is 1. The molecule has 2 aromatic rings. The van der Waals surface area contributed by atoms with Crippen LogP contribution in [0.2, 0.25) is 0 Å². The van der Waals surface area contributed by atoms with Gasteiger partial charge in [-0.25, -0.2) is 24.0 Å². The number of hydrogen-bond acceptors (Lipinski definition) is 8. The van der Waals surface area contributed by atoms with Crippen LogP contribution in [0.4, 0.5) is 14.5 Å². The molecule has 1 heterocycles. The van der Waals surface area contributed by atoms with Crippen LogP contribution in [0.1, 0.15) is 26.3 Å². The van der Waals surface area contributed by atoms with Gasteiger partial charge in [-0.05, 0) is 29.8 Å². The molecule has 0 saturated carbocycles. The highest BCUT2D eigenvalue weighted by molar-refractivity contribution is 6.32. The number of hydrogen-bond donors (Lipinski definition) is 1. The van der Waals surface area contributed by atoms with Crippen molar-refractivity contribution >= 4 is 29.4 Å². The summed E-state index contributed by atoms with van der Waals surface area (Å²) in [6, 6.07) is 6.38. The van der Waals surface area contributed by atoms with Gasteiger partial charge < -0.3 is 4.74 Å². The first-order valence-electron chi connectivity index (χ1n) is 8.83. The van der Waals surface area contributed by atoms with E-state index >= 15 is 0 Å². The molecule has 11 heteroatoms. The summed E-state index contributed by atoms with van der Waals surface area (Å²) >= 11 is 0. The Kier molecular flexibility index (Phi) is 6.16. The van der Waals surface area contributed by atoms with Gasteiger partial charge in [-0.1, -0.05) is 12.1 Å². The maximum Gasteiger partial charge on any atom is 0.338 e. The first kappa shape index (κ1) is 21.7. The van der Waals surface area contributed by atoms with Gasteiger partial charge in [-0.15, -0.1) is 0 Å². The van der Waals surface area contributed by atoms with Crippen molar-refractivity contribution in [2.24, 2.45) is 4.99 Å². The molecule has 1 aliphatic heterocycles. The van der Waals surface area contributed by atoms with Gasteiger partial charge in [0.1, 0.15) is 23.9 Å². The monoisotopic (exact) mass is 430 g/mol. The minimum absolute atomic E-state index is 0.126. The van der Waals surface area contributed by atoms with E-state index in [-0.39, 0.29) is 18.1 Å². The Hall–Kier alpha value is -3.99. The fraction of sp³-hybridized carbons (Fsp3) is 0.150. The summed E-state index contributed by atoms with van der Waals surface area (Å²) in [5.74, 6) is -3.52. The molecule has 9 nitrogen and oxygen atoms in total. The molecule has 0 aromatic heterocycles. The van der Waals surface area contributed by atoms with Crippen molar-refractivity contribution in [2.45, 2.75) is 0 Å². The summed E-state index contributed by atoms with van der Waals surface area (Å²) in [7, 11) is 2.57. The first-order chi connectivity index (χ1) is 14.7. The van der Waals surface area contributed by atoms with Gasteiger partial charge >= 0.3 is 5.97 Å². The van der Waals surface area contributed by atoms with E-state index in [1.807, 2.05) is 0 Å². The van der Waals surface area contributed by atoms with Gasteiger partial charge in [0.2, 0.25) is 5.78 Å². The van der Waals surface area contributed by atoms with Crippen LogP contribution < -0.4 is 5.43 Å². The molecule has 1 aliphatic rings. The summed E-state index contributed by atoms with van der Waals surface area (Å²) in [4.78, 5) is 40.5. The van der Waals surface area contributed by atoms with Crippen LogP contribution in [0, 0.1) is 21.7 Å². The number of halogens is 2.